The summed E-state index contributed by atoms with van der Waals surface area (Å²) in [5.41, 5.74) is 1.91. The van der Waals surface area contributed by atoms with Crippen molar-refractivity contribution < 1.29 is 0 Å². The van der Waals surface area contributed by atoms with Crippen LogP contribution in [0.5, 0.6) is 0 Å². The molecule has 0 atom stereocenters. The molecule has 90 valence electrons. The molecule has 1 N–H and O–H groups in total. The number of hydrogen-bond donors (Lipinski definition) is 1. The Kier molecular flexibility index (Phi) is 3.37. The summed E-state index contributed by atoms with van der Waals surface area (Å²) in [7, 11) is 1.96. The maximum atomic E-state index is 4.51. The molecule has 0 amide bonds. The van der Waals surface area contributed by atoms with Gasteiger partial charge in [0, 0.05) is 32.2 Å². The molecule has 5 heteroatoms. The lowest BCUT2D eigenvalue weighted by molar-refractivity contribution is 0.906. The van der Waals surface area contributed by atoms with Gasteiger partial charge in [-0.3, -0.25) is 0 Å². The highest BCUT2D eigenvalue weighted by molar-refractivity contribution is 5.56. The molecule has 0 saturated heterocycles. The van der Waals surface area contributed by atoms with Gasteiger partial charge in [-0.2, -0.15) is 0 Å². The maximum Gasteiger partial charge on any atom is 0.223 e. The normalized spacial score (nSPS) is 10.5. The van der Waals surface area contributed by atoms with Crippen LogP contribution in [0.3, 0.4) is 0 Å². The predicted octanol–water partition coefficient (Wildman–Crippen LogP) is 2.01. The summed E-state index contributed by atoms with van der Waals surface area (Å²) in [4.78, 5) is 13.1. The zero-order chi connectivity index (χ0) is 12.3. The molecule has 0 bridgehead atoms. The number of rotatable bonds is 4. The second-order valence-electron chi connectivity index (χ2n) is 4.01. The van der Waals surface area contributed by atoms with Crippen LogP contribution >= 0.6 is 0 Å². The molecule has 17 heavy (non-hydrogen) atoms. The zero-order valence-electron chi connectivity index (χ0n) is 10.4. The van der Waals surface area contributed by atoms with Crippen molar-refractivity contribution in [1.29, 1.82) is 0 Å². The minimum atomic E-state index is 0.662. The minimum absolute atomic E-state index is 0.662. The van der Waals surface area contributed by atoms with Gasteiger partial charge in [0.1, 0.15) is 5.69 Å². The van der Waals surface area contributed by atoms with Crippen LogP contribution in [0.25, 0.3) is 11.5 Å². The Balaban J connectivity index is 2.36. The van der Waals surface area contributed by atoms with Crippen molar-refractivity contribution in [3.05, 3.63) is 24.2 Å². The van der Waals surface area contributed by atoms with Crippen LogP contribution in [0.15, 0.2) is 18.6 Å². The van der Waals surface area contributed by atoms with Gasteiger partial charge in [0.2, 0.25) is 5.95 Å². The molecule has 2 heterocycles. The lowest BCUT2D eigenvalue weighted by Crippen LogP contribution is -2.06. The summed E-state index contributed by atoms with van der Waals surface area (Å²) in [5.74, 6) is 1.53. The van der Waals surface area contributed by atoms with Crippen molar-refractivity contribution in [2.75, 3.05) is 11.9 Å². The number of imidazole rings is 1. The van der Waals surface area contributed by atoms with Gasteiger partial charge in [-0.25, -0.2) is 15.0 Å². The lowest BCUT2D eigenvalue weighted by Gasteiger charge is -2.08. The number of aromatic nitrogens is 4. The largest absolute Gasteiger partial charge is 0.354 e. The molecular formula is C12H17N5. The van der Waals surface area contributed by atoms with Gasteiger partial charge in [-0.05, 0) is 18.9 Å². The Labute approximate surface area is 101 Å². The molecule has 0 radical (unpaired) electrons. The molecule has 0 fully saturated rings. The average Bonchev–Trinajstić information content (AvgIpc) is 2.74. The molecule has 0 aliphatic heterocycles. The highest BCUT2D eigenvalue weighted by Gasteiger charge is 2.10. The van der Waals surface area contributed by atoms with E-state index in [2.05, 4.69) is 27.2 Å². The van der Waals surface area contributed by atoms with E-state index in [1.165, 1.54) is 0 Å². The van der Waals surface area contributed by atoms with Crippen molar-refractivity contribution in [3.63, 3.8) is 0 Å². The summed E-state index contributed by atoms with van der Waals surface area (Å²) in [6, 6.07) is 0. The Hall–Kier alpha value is -1.91. The number of anilines is 1. The fraction of sp³-hybridized carbons (Fsp3) is 0.417. The first-order valence-corrected chi connectivity index (χ1v) is 5.77. The average molecular weight is 231 g/mol. The number of nitrogens with one attached hydrogen (secondary N) is 1. The van der Waals surface area contributed by atoms with Crippen LogP contribution in [-0.4, -0.2) is 26.1 Å². The van der Waals surface area contributed by atoms with Crippen molar-refractivity contribution in [2.24, 2.45) is 7.05 Å². The third-order valence-corrected chi connectivity index (χ3v) is 2.54. The third-order valence-electron chi connectivity index (χ3n) is 2.54. The van der Waals surface area contributed by atoms with Crippen molar-refractivity contribution in [3.8, 4) is 11.5 Å². The van der Waals surface area contributed by atoms with Crippen LogP contribution in [0.1, 0.15) is 18.9 Å². The van der Waals surface area contributed by atoms with Crippen LogP contribution < -0.4 is 5.32 Å². The zero-order valence-corrected chi connectivity index (χ0v) is 10.4. The molecule has 2 aromatic rings. The van der Waals surface area contributed by atoms with E-state index < -0.39 is 0 Å². The van der Waals surface area contributed by atoms with Crippen LogP contribution in [0, 0.1) is 6.92 Å². The highest BCUT2D eigenvalue weighted by atomic mass is 15.1. The van der Waals surface area contributed by atoms with E-state index in [1.54, 1.807) is 6.20 Å². The van der Waals surface area contributed by atoms with E-state index in [-0.39, 0.29) is 0 Å². The quantitative estimate of drug-likeness (QED) is 0.874. The molecule has 5 nitrogen and oxygen atoms in total. The molecule has 2 aromatic heterocycles. The summed E-state index contributed by atoms with van der Waals surface area (Å²) in [6.07, 6.45) is 6.57. The summed E-state index contributed by atoms with van der Waals surface area (Å²) >= 11 is 0. The standard InChI is InChI=1S/C12H17N5/c1-4-5-14-12-15-8-9(2)10(16-12)11-13-6-7-17(11)3/h6-8H,4-5H2,1-3H3,(H,14,15,16). The fourth-order valence-corrected chi connectivity index (χ4v) is 1.58. The Bertz CT molecular complexity index is 503. The molecule has 0 saturated carbocycles. The minimum Gasteiger partial charge on any atom is -0.354 e. The second-order valence-corrected chi connectivity index (χ2v) is 4.01. The molecule has 0 spiro atoms. The second kappa shape index (κ2) is 4.95. The molecule has 0 aliphatic carbocycles. The molecule has 0 aliphatic rings. The van der Waals surface area contributed by atoms with Gasteiger partial charge in [0.05, 0.1) is 0 Å². The van der Waals surface area contributed by atoms with E-state index in [1.807, 2.05) is 30.9 Å². The summed E-state index contributed by atoms with van der Waals surface area (Å²) in [5, 5.41) is 3.18. The monoisotopic (exact) mass is 231 g/mol. The number of hydrogen-bond acceptors (Lipinski definition) is 4. The molecule has 2 rings (SSSR count). The van der Waals surface area contributed by atoms with Crippen LogP contribution in [-0.2, 0) is 7.05 Å². The number of nitrogens with zero attached hydrogens (tertiary/aromatic N) is 4. The maximum absolute atomic E-state index is 4.51. The van der Waals surface area contributed by atoms with Gasteiger partial charge < -0.3 is 9.88 Å². The Morgan fingerprint density at radius 1 is 1.35 bits per heavy atom. The SMILES string of the molecule is CCCNc1ncc(C)c(-c2nccn2C)n1. The Morgan fingerprint density at radius 3 is 2.82 bits per heavy atom. The summed E-state index contributed by atoms with van der Waals surface area (Å²) in [6.45, 7) is 4.98. The van der Waals surface area contributed by atoms with Gasteiger partial charge in [-0.1, -0.05) is 6.92 Å². The van der Waals surface area contributed by atoms with Crippen LogP contribution in [0.2, 0.25) is 0 Å². The highest BCUT2D eigenvalue weighted by Crippen LogP contribution is 2.19. The van der Waals surface area contributed by atoms with E-state index in [4.69, 9.17) is 0 Å². The van der Waals surface area contributed by atoms with Crippen LogP contribution in [0.4, 0.5) is 5.95 Å². The third kappa shape index (κ3) is 2.43. The number of aryl methyl sites for hydroxylation is 2. The molecule has 0 unspecified atom stereocenters. The Morgan fingerprint density at radius 2 is 2.18 bits per heavy atom. The van der Waals surface area contributed by atoms with Crippen molar-refractivity contribution in [2.45, 2.75) is 20.3 Å². The first-order valence-electron chi connectivity index (χ1n) is 5.77. The summed E-state index contributed by atoms with van der Waals surface area (Å²) < 4.78 is 1.96. The molecular weight excluding hydrogens is 214 g/mol. The van der Waals surface area contributed by atoms with Gasteiger partial charge in [-0.15, -0.1) is 0 Å². The van der Waals surface area contributed by atoms with E-state index in [9.17, 15) is 0 Å². The van der Waals surface area contributed by atoms with E-state index in [0.717, 1.165) is 30.0 Å². The van der Waals surface area contributed by atoms with E-state index in [0.29, 0.717) is 5.95 Å². The smallest absolute Gasteiger partial charge is 0.223 e. The first kappa shape index (κ1) is 11.6. The van der Waals surface area contributed by atoms with E-state index >= 15 is 0 Å². The first-order chi connectivity index (χ1) is 8.22. The molecule has 0 aromatic carbocycles. The predicted molar refractivity (Wildman–Crippen MR) is 67.8 cm³/mol. The topological polar surface area (TPSA) is 55.6 Å². The van der Waals surface area contributed by atoms with Crippen molar-refractivity contribution >= 4 is 5.95 Å². The fourth-order valence-electron chi connectivity index (χ4n) is 1.58. The van der Waals surface area contributed by atoms with Gasteiger partial charge in [0.25, 0.3) is 0 Å². The lowest BCUT2D eigenvalue weighted by atomic mass is 10.2. The van der Waals surface area contributed by atoms with Gasteiger partial charge in [0.15, 0.2) is 5.82 Å². The van der Waals surface area contributed by atoms with Gasteiger partial charge >= 0.3 is 0 Å². The van der Waals surface area contributed by atoms with Crippen molar-refractivity contribution in [1.82, 2.24) is 19.5 Å².